The molecule has 4 rings (SSSR count). The zero-order valence-electron chi connectivity index (χ0n) is 20.7. The highest BCUT2D eigenvalue weighted by Crippen LogP contribution is 2.39. The second kappa shape index (κ2) is 10.5. The Kier molecular flexibility index (Phi) is 7.90. The summed E-state index contributed by atoms with van der Waals surface area (Å²) in [5, 5.41) is 12.0. The lowest BCUT2D eigenvalue weighted by atomic mass is 9.76. The Morgan fingerprint density at radius 3 is 2.55 bits per heavy atom. The summed E-state index contributed by atoms with van der Waals surface area (Å²) in [5.74, 6) is 0.243. The summed E-state index contributed by atoms with van der Waals surface area (Å²) in [4.78, 5) is 4.81. The van der Waals surface area contributed by atoms with Gasteiger partial charge in [0.2, 0.25) is 0 Å². The molecular formula is C28H41ClN2O2. The highest BCUT2D eigenvalue weighted by molar-refractivity contribution is 6.30. The lowest BCUT2D eigenvalue weighted by Gasteiger charge is -2.47. The van der Waals surface area contributed by atoms with E-state index in [1.807, 2.05) is 12.1 Å². The molecule has 2 heterocycles. The predicted octanol–water partition coefficient (Wildman–Crippen LogP) is 5.62. The van der Waals surface area contributed by atoms with Gasteiger partial charge in [0.1, 0.15) is 0 Å². The Hall–Kier alpha value is -1.33. The van der Waals surface area contributed by atoms with Crippen LogP contribution in [0.2, 0.25) is 5.02 Å². The van der Waals surface area contributed by atoms with Crippen molar-refractivity contribution in [3.63, 3.8) is 0 Å². The zero-order valence-corrected chi connectivity index (χ0v) is 21.5. The van der Waals surface area contributed by atoms with Crippen molar-refractivity contribution in [1.82, 2.24) is 9.80 Å². The molecule has 3 unspecified atom stereocenters. The molecule has 1 aliphatic carbocycles. The zero-order chi connectivity index (χ0) is 23.6. The average Bonchev–Trinajstić information content (AvgIpc) is 3.20. The van der Waals surface area contributed by atoms with E-state index in [0.717, 1.165) is 37.4 Å². The summed E-state index contributed by atoms with van der Waals surface area (Å²) in [5.41, 5.74) is 2.83. The van der Waals surface area contributed by atoms with Gasteiger partial charge in [-0.15, -0.1) is 0 Å². The summed E-state index contributed by atoms with van der Waals surface area (Å²) in [6, 6.07) is 8.61. The number of nitrogens with zero attached hydrogens (tertiary/aromatic N) is 2. The van der Waals surface area contributed by atoms with Gasteiger partial charge in [-0.2, -0.15) is 0 Å². The van der Waals surface area contributed by atoms with Crippen molar-refractivity contribution >= 4 is 11.6 Å². The number of hydrogen-bond donors (Lipinski definition) is 1. The molecular weight excluding hydrogens is 432 g/mol. The van der Waals surface area contributed by atoms with Crippen molar-refractivity contribution in [2.24, 2.45) is 5.41 Å². The van der Waals surface area contributed by atoms with Crippen molar-refractivity contribution in [2.45, 2.75) is 83.1 Å². The number of ether oxygens (including phenoxy) is 1. The van der Waals surface area contributed by atoms with Gasteiger partial charge in [0, 0.05) is 36.3 Å². The van der Waals surface area contributed by atoms with Gasteiger partial charge in [-0.05, 0) is 74.4 Å². The first-order valence-electron chi connectivity index (χ1n) is 12.6. The number of aliphatic hydroxyl groups is 1. The van der Waals surface area contributed by atoms with E-state index in [-0.39, 0.29) is 23.5 Å². The lowest BCUT2D eigenvalue weighted by molar-refractivity contribution is -0.0891. The van der Waals surface area contributed by atoms with Gasteiger partial charge in [0.15, 0.2) is 0 Å². The van der Waals surface area contributed by atoms with Crippen molar-refractivity contribution in [3.05, 3.63) is 58.8 Å². The molecule has 0 aromatic heterocycles. The Morgan fingerprint density at radius 2 is 1.88 bits per heavy atom. The van der Waals surface area contributed by atoms with Crippen molar-refractivity contribution in [1.29, 1.82) is 0 Å². The van der Waals surface area contributed by atoms with Gasteiger partial charge in [0.05, 0.1) is 18.2 Å². The first-order chi connectivity index (χ1) is 15.7. The van der Waals surface area contributed by atoms with Crippen LogP contribution in [0.3, 0.4) is 0 Å². The van der Waals surface area contributed by atoms with Crippen molar-refractivity contribution < 1.29 is 9.84 Å². The number of hydrogen-bond acceptors (Lipinski definition) is 4. The van der Waals surface area contributed by atoms with E-state index in [1.54, 1.807) is 0 Å². The Balaban J connectivity index is 1.61. The molecule has 1 aromatic carbocycles. The molecule has 1 N–H and O–H groups in total. The number of rotatable bonds is 6. The third kappa shape index (κ3) is 6.03. The van der Waals surface area contributed by atoms with Crippen LogP contribution in [-0.4, -0.2) is 65.9 Å². The molecule has 3 aliphatic rings. The second-order valence-electron chi connectivity index (χ2n) is 11.3. The normalized spacial score (nSPS) is 31.2. The van der Waals surface area contributed by atoms with Crippen molar-refractivity contribution in [2.75, 3.05) is 26.7 Å². The smallest absolute Gasteiger partial charge is 0.0871 e. The summed E-state index contributed by atoms with van der Waals surface area (Å²) in [6.45, 7) is 9.43. The molecule has 0 spiro atoms. The number of likely N-dealkylation sites (tertiary alicyclic amines) is 1. The minimum absolute atomic E-state index is 0.0638. The van der Waals surface area contributed by atoms with E-state index in [0.29, 0.717) is 12.6 Å². The number of halogens is 1. The Morgan fingerprint density at radius 1 is 1.12 bits per heavy atom. The number of likely N-dealkylation sites (N-methyl/N-ethyl adjacent to an activating group) is 1. The van der Waals surface area contributed by atoms with Crippen LogP contribution in [-0.2, 0) is 4.74 Å². The standard InChI is InChI=1S/C28H41ClN2O2/c1-28(2,3)15-18-33-27-23(20-9-11-22(29)12-10-20)13-14-25(32)26(27)31-17-5-7-21(19-31)24-8-6-16-30(24)4/h5,7,9-12,19,23-27,32H,6,8,13-18H2,1-4H3/t23?,24?,25-,26-,27?/m1/s1. The van der Waals surface area contributed by atoms with Crippen LogP contribution in [0.4, 0.5) is 0 Å². The van der Waals surface area contributed by atoms with Gasteiger partial charge in [0.25, 0.3) is 0 Å². The van der Waals surface area contributed by atoms with Crippen LogP contribution in [0.25, 0.3) is 0 Å². The third-order valence-electron chi connectivity index (χ3n) is 7.59. The van der Waals surface area contributed by atoms with Gasteiger partial charge >= 0.3 is 0 Å². The molecule has 1 saturated heterocycles. The molecule has 2 aliphatic heterocycles. The molecule has 0 radical (unpaired) electrons. The summed E-state index contributed by atoms with van der Waals surface area (Å²) < 4.78 is 6.68. The molecule has 1 aromatic rings. The summed E-state index contributed by atoms with van der Waals surface area (Å²) >= 11 is 6.19. The molecule has 2 fully saturated rings. The fraction of sp³-hybridized carbons (Fsp3) is 0.643. The minimum Gasteiger partial charge on any atom is -0.391 e. The Labute approximate surface area is 205 Å². The van der Waals surface area contributed by atoms with Crippen LogP contribution in [0.5, 0.6) is 0 Å². The van der Waals surface area contributed by atoms with E-state index >= 15 is 0 Å². The van der Waals surface area contributed by atoms with E-state index in [2.05, 4.69) is 68.1 Å². The van der Waals surface area contributed by atoms with Crippen LogP contribution in [0.1, 0.15) is 64.4 Å². The van der Waals surface area contributed by atoms with Crippen LogP contribution < -0.4 is 0 Å². The van der Waals surface area contributed by atoms with Gasteiger partial charge in [-0.3, -0.25) is 4.90 Å². The van der Waals surface area contributed by atoms with Crippen LogP contribution in [0.15, 0.2) is 48.2 Å². The van der Waals surface area contributed by atoms with Gasteiger partial charge < -0.3 is 14.7 Å². The van der Waals surface area contributed by atoms with Gasteiger partial charge in [-0.25, -0.2) is 0 Å². The average molecular weight is 473 g/mol. The quantitative estimate of drug-likeness (QED) is 0.583. The first-order valence-corrected chi connectivity index (χ1v) is 13.0. The molecule has 33 heavy (non-hydrogen) atoms. The largest absolute Gasteiger partial charge is 0.391 e. The highest BCUT2D eigenvalue weighted by Gasteiger charge is 2.43. The maximum absolute atomic E-state index is 11.3. The van der Waals surface area contributed by atoms with E-state index in [1.165, 1.54) is 24.0 Å². The second-order valence-corrected chi connectivity index (χ2v) is 11.7. The SMILES string of the molecule is CN1CCCC1C1=CN([C@H]2C(OCCC(C)(C)C)C(c3ccc(Cl)cc3)CC[C@H]2O)CC=C1. The fourth-order valence-corrected chi connectivity index (χ4v) is 5.79. The molecule has 0 amide bonds. The maximum atomic E-state index is 11.3. The van der Waals surface area contributed by atoms with E-state index in [4.69, 9.17) is 16.3 Å². The third-order valence-corrected chi connectivity index (χ3v) is 7.84. The highest BCUT2D eigenvalue weighted by atomic mass is 35.5. The maximum Gasteiger partial charge on any atom is 0.0871 e. The molecule has 182 valence electrons. The van der Waals surface area contributed by atoms with E-state index in [9.17, 15) is 5.11 Å². The molecule has 5 atom stereocenters. The van der Waals surface area contributed by atoms with Crippen LogP contribution in [0, 0.1) is 5.41 Å². The first kappa shape index (κ1) is 24.8. The summed E-state index contributed by atoms with van der Waals surface area (Å²) in [6.07, 6.45) is 11.5. The van der Waals surface area contributed by atoms with E-state index < -0.39 is 6.10 Å². The molecule has 1 saturated carbocycles. The minimum atomic E-state index is -0.404. The fourth-order valence-electron chi connectivity index (χ4n) is 5.67. The number of aliphatic hydroxyl groups excluding tert-OH is 1. The Bertz CT molecular complexity index is 844. The number of benzene rings is 1. The van der Waals surface area contributed by atoms with Gasteiger partial charge in [-0.1, -0.05) is 56.7 Å². The molecule has 0 bridgehead atoms. The lowest BCUT2D eigenvalue weighted by Crippen LogP contribution is -2.55. The van der Waals surface area contributed by atoms with Crippen molar-refractivity contribution in [3.8, 4) is 0 Å². The topological polar surface area (TPSA) is 35.9 Å². The summed E-state index contributed by atoms with van der Waals surface area (Å²) in [7, 11) is 2.22. The predicted molar refractivity (Wildman–Crippen MR) is 137 cm³/mol. The molecule has 4 nitrogen and oxygen atoms in total. The monoisotopic (exact) mass is 472 g/mol. The van der Waals surface area contributed by atoms with Crippen LogP contribution >= 0.6 is 11.6 Å². The molecule has 5 heteroatoms.